The number of carbonyl (C=O) groups is 1. The Morgan fingerprint density at radius 1 is 1.40 bits per heavy atom. The molecular weight excluding hydrogens is 258 g/mol. The second-order valence-corrected chi connectivity index (χ2v) is 4.27. The van der Waals surface area contributed by atoms with Crippen LogP contribution in [0, 0.1) is 0 Å². The Morgan fingerprint density at radius 3 is 2.80 bits per heavy atom. The monoisotopic (exact) mass is 275 g/mol. The summed E-state index contributed by atoms with van der Waals surface area (Å²) in [5, 5.41) is 19.7. The van der Waals surface area contributed by atoms with Crippen molar-refractivity contribution >= 4 is 5.91 Å². The van der Waals surface area contributed by atoms with E-state index in [1.807, 2.05) is 30.3 Å². The lowest BCUT2D eigenvalue weighted by atomic mass is 10.1. The Balaban J connectivity index is 2.05. The van der Waals surface area contributed by atoms with Crippen molar-refractivity contribution in [2.45, 2.75) is 12.6 Å². The number of aliphatic hydroxyl groups is 1. The molecule has 1 aromatic carbocycles. The number of aliphatic hydroxyl groups excluding tert-OH is 1. The number of nitrogens with zero attached hydrogens (tertiary/aromatic N) is 3. The highest BCUT2D eigenvalue weighted by molar-refractivity contribution is 5.92. The van der Waals surface area contributed by atoms with Crippen LogP contribution in [0.4, 0.5) is 0 Å². The Kier molecular flexibility index (Phi) is 4.80. The number of carbonyl (C=O) groups excluding carboxylic acids is 1. The lowest BCUT2D eigenvalue weighted by molar-refractivity contribution is 0.0911. The van der Waals surface area contributed by atoms with Crippen LogP contribution in [0.1, 0.15) is 22.1 Å². The van der Waals surface area contributed by atoms with Crippen molar-refractivity contribution in [2.75, 3.05) is 13.2 Å². The van der Waals surface area contributed by atoms with Crippen molar-refractivity contribution in [1.82, 2.24) is 20.3 Å². The third-order valence-corrected chi connectivity index (χ3v) is 2.82. The number of nitrogens with two attached hydrogens (primary N) is 1. The quantitative estimate of drug-likeness (QED) is 0.671. The summed E-state index contributed by atoms with van der Waals surface area (Å²) in [6.07, 6.45) is 1.53. The van der Waals surface area contributed by atoms with E-state index in [0.29, 0.717) is 13.1 Å². The minimum absolute atomic E-state index is 0.188. The van der Waals surface area contributed by atoms with E-state index >= 15 is 0 Å². The van der Waals surface area contributed by atoms with Gasteiger partial charge in [0.1, 0.15) is 0 Å². The van der Waals surface area contributed by atoms with E-state index in [0.717, 1.165) is 5.56 Å². The van der Waals surface area contributed by atoms with E-state index in [-0.39, 0.29) is 18.2 Å². The fourth-order valence-electron chi connectivity index (χ4n) is 1.80. The summed E-state index contributed by atoms with van der Waals surface area (Å²) in [6.45, 7) is 0.739. The van der Waals surface area contributed by atoms with E-state index in [9.17, 15) is 9.90 Å². The fourth-order valence-corrected chi connectivity index (χ4v) is 1.80. The molecule has 1 amide bonds. The van der Waals surface area contributed by atoms with Crippen LogP contribution in [0.5, 0.6) is 0 Å². The average Bonchev–Trinajstić information content (AvgIpc) is 2.94. The maximum absolute atomic E-state index is 12.0. The van der Waals surface area contributed by atoms with Gasteiger partial charge < -0.3 is 16.2 Å². The number of hydrogen-bond acceptors (Lipinski definition) is 5. The van der Waals surface area contributed by atoms with E-state index in [1.54, 1.807) is 0 Å². The minimum Gasteiger partial charge on any atom is -0.394 e. The van der Waals surface area contributed by atoms with Crippen molar-refractivity contribution < 1.29 is 9.90 Å². The van der Waals surface area contributed by atoms with Crippen molar-refractivity contribution in [3.63, 3.8) is 0 Å². The molecule has 0 spiro atoms. The average molecular weight is 275 g/mol. The van der Waals surface area contributed by atoms with E-state index in [4.69, 9.17) is 5.73 Å². The normalized spacial score (nSPS) is 12.1. The van der Waals surface area contributed by atoms with Gasteiger partial charge in [0, 0.05) is 6.54 Å². The highest BCUT2D eigenvalue weighted by Crippen LogP contribution is 2.12. The van der Waals surface area contributed by atoms with Gasteiger partial charge in [0.2, 0.25) is 0 Å². The van der Waals surface area contributed by atoms with E-state index in [1.165, 1.54) is 10.9 Å². The first kappa shape index (κ1) is 14.2. The van der Waals surface area contributed by atoms with E-state index in [2.05, 4.69) is 15.6 Å². The molecule has 7 heteroatoms. The zero-order chi connectivity index (χ0) is 14.4. The number of nitrogens with one attached hydrogen (secondary N) is 1. The summed E-state index contributed by atoms with van der Waals surface area (Å²) in [5.41, 5.74) is 6.43. The molecule has 0 bridgehead atoms. The Hall–Kier alpha value is -2.25. The van der Waals surface area contributed by atoms with Gasteiger partial charge in [0.25, 0.3) is 5.91 Å². The molecule has 1 aromatic heterocycles. The van der Waals surface area contributed by atoms with Gasteiger partial charge in [-0.2, -0.15) is 0 Å². The second-order valence-electron chi connectivity index (χ2n) is 4.27. The molecule has 0 unspecified atom stereocenters. The smallest absolute Gasteiger partial charge is 0.274 e. The van der Waals surface area contributed by atoms with Crippen LogP contribution in [0.15, 0.2) is 36.5 Å². The van der Waals surface area contributed by atoms with Crippen LogP contribution in [0.3, 0.4) is 0 Å². The number of amides is 1. The number of aromatic nitrogens is 3. The van der Waals surface area contributed by atoms with Crippen molar-refractivity contribution in [3.8, 4) is 0 Å². The summed E-state index contributed by atoms with van der Waals surface area (Å²) in [4.78, 5) is 12.0. The molecule has 1 atom stereocenters. The molecule has 0 fully saturated rings. The van der Waals surface area contributed by atoms with Crippen LogP contribution < -0.4 is 11.1 Å². The summed E-state index contributed by atoms with van der Waals surface area (Å²) in [6, 6.07) is 8.78. The van der Waals surface area contributed by atoms with Gasteiger partial charge in [-0.1, -0.05) is 35.5 Å². The molecule has 0 aliphatic heterocycles. The highest BCUT2D eigenvalue weighted by atomic mass is 16.3. The fraction of sp³-hybridized carbons (Fsp3) is 0.308. The van der Waals surface area contributed by atoms with Gasteiger partial charge in [-0.05, 0) is 5.56 Å². The first-order valence-corrected chi connectivity index (χ1v) is 6.31. The van der Waals surface area contributed by atoms with Gasteiger partial charge in [-0.3, -0.25) is 9.48 Å². The first-order valence-electron chi connectivity index (χ1n) is 6.31. The van der Waals surface area contributed by atoms with Crippen molar-refractivity contribution in [1.29, 1.82) is 0 Å². The minimum atomic E-state index is -0.469. The third-order valence-electron chi connectivity index (χ3n) is 2.82. The molecule has 0 aliphatic rings. The third kappa shape index (κ3) is 3.40. The molecule has 0 saturated heterocycles. The molecule has 0 aliphatic carbocycles. The molecular formula is C13H17N5O2. The van der Waals surface area contributed by atoms with Gasteiger partial charge in [-0.25, -0.2) is 0 Å². The largest absolute Gasteiger partial charge is 0.394 e. The number of hydrogen-bond donors (Lipinski definition) is 3. The topological polar surface area (TPSA) is 106 Å². The van der Waals surface area contributed by atoms with Crippen LogP contribution in [0.2, 0.25) is 0 Å². The maximum atomic E-state index is 12.0. The predicted octanol–water partition coefficient (Wildman–Crippen LogP) is -0.300. The van der Waals surface area contributed by atoms with Gasteiger partial charge in [0.05, 0.1) is 25.4 Å². The molecule has 4 N–H and O–H groups in total. The van der Waals surface area contributed by atoms with Gasteiger partial charge in [-0.15, -0.1) is 5.10 Å². The second kappa shape index (κ2) is 6.78. The Labute approximate surface area is 116 Å². The van der Waals surface area contributed by atoms with Crippen LogP contribution in [0.25, 0.3) is 0 Å². The highest BCUT2D eigenvalue weighted by Gasteiger charge is 2.17. The lowest BCUT2D eigenvalue weighted by Crippen LogP contribution is -2.31. The predicted molar refractivity (Wildman–Crippen MR) is 72.8 cm³/mol. The summed E-state index contributed by atoms with van der Waals surface area (Å²) in [7, 11) is 0. The zero-order valence-corrected chi connectivity index (χ0v) is 10.9. The van der Waals surface area contributed by atoms with Crippen molar-refractivity contribution in [2.24, 2.45) is 5.73 Å². The summed E-state index contributed by atoms with van der Waals surface area (Å²) in [5.74, 6) is -0.379. The molecule has 2 aromatic rings. The van der Waals surface area contributed by atoms with Crippen molar-refractivity contribution in [3.05, 3.63) is 47.8 Å². The van der Waals surface area contributed by atoms with Crippen LogP contribution >= 0.6 is 0 Å². The van der Waals surface area contributed by atoms with Gasteiger partial charge >= 0.3 is 0 Å². The standard InChI is InChI=1S/C13H17N5O2/c14-6-7-18-8-11(16-17-18)13(20)15-12(9-19)10-4-2-1-3-5-10/h1-5,8,12,19H,6-7,9,14H2,(H,15,20)/t12-/m0/s1. The number of rotatable bonds is 6. The molecule has 0 radical (unpaired) electrons. The Bertz CT molecular complexity index is 555. The summed E-state index contributed by atoms with van der Waals surface area (Å²) >= 11 is 0. The number of benzene rings is 1. The molecule has 0 saturated carbocycles. The maximum Gasteiger partial charge on any atom is 0.274 e. The first-order chi connectivity index (χ1) is 9.74. The zero-order valence-electron chi connectivity index (χ0n) is 10.9. The Morgan fingerprint density at radius 2 is 2.15 bits per heavy atom. The van der Waals surface area contributed by atoms with Crippen LogP contribution in [-0.4, -0.2) is 39.2 Å². The molecule has 106 valence electrons. The lowest BCUT2D eigenvalue weighted by Gasteiger charge is -2.15. The molecule has 20 heavy (non-hydrogen) atoms. The molecule has 1 heterocycles. The molecule has 2 rings (SSSR count). The van der Waals surface area contributed by atoms with Gasteiger partial charge in [0.15, 0.2) is 5.69 Å². The van der Waals surface area contributed by atoms with E-state index < -0.39 is 6.04 Å². The molecule has 7 nitrogen and oxygen atoms in total. The SMILES string of the molecule is NCCn1cc(C(=O)N[C@@H](CO)c2ccccc2)nn1. The van der Waals surface area contributed by atoms with Crippen LogP contribution in [-0.2, 0) is 6.54 Å². The summed E-state index contributed by atoms with van der Waals surface area (Å²) < 4.78 is 1.51.